The molecule has 0 saturated heterocycles. The molecule has 0 aliphatic carbocycles. The van der Waals surface area contributed by atoms with Gasteiger partial charge in [0.25, 0.3) is 0 Å². The first-order valence-electron chi connectivity index (χ1n) is 4.65. The van der Waals surface area contributed by atoms with Gasteiger partial charge in [0.2, 0.25) is 0 Å². The van der Waals surface area contributed by atoms with Gasteiger partial charge in [-0.15, -0.1) is 12.6 Å². The third-order valence-corrected chi connectivity index (χ3v) is 2.21. The van der Waals surface area contributed by atoms with Gasteiger partial charge in [-0.1, -0.05) is 0 Å². The quantitative estimate of drug-likeness (QED) is 0.649. The van der Waals surface area contributed by atoms with Crippen LogP contribution in [-0.4, -0.2) is 12.6 Å². The molecule has 1 rings (SSSR count). The van der Waals surface area contributed by atoms with E-state index in [1.165, 1.54) is 12.1 Å². The number of ether oxygens (including phenoxy) is 1. The van der Waals surface area contributed by atoms with Crippen LogP contribution in [0.5, 0.6) is 0 Å². The minimum Gasteiger partial charge on any atom is -0.466 e. The van der Waals surface area contributed by atoms with Gasteiger partial charge in [-0.05, 0) is 24.6 Å². The smallest absolute Gasteiger partial charge is 0.310 e. The minimum absolute atomic E-state index is 0.0103. The van der Waals surface area contributed by atoms with Crippen molar-refractivity contribution in [2.24, 2.45) is 0 Å². The van der Waals surface area contributed by atoms with E-state index in [-0.39, 0.29) is 16.9 Å². The van der Waals surface area contributed by atoms with Gasteiger partial charge in [-0.25, -0.2) is 4.39 Å². The van der Waals surface area contributed by atoms with E-state index in [2.05, 4.69) is 12.6 Å². The first kappa shape index (κ1) is 12.5. The van der Waals surface area contributed by atoms with E-state index < -0.39 is 11.8 Å². The highest BCUT2D eigenvalue weighted by Crippen LogP contribution is 2.19. The Labute approximate surface area is 98.2 Å². The van der Waals surface area contributed by atoms with Crippen molar-refractivity contribution in [3.63, 3.8) is 0 Å². The summed E-state index contributed by atoms with van der Waals surface area (Å²) in [6, 6.07) is 4.44. The fourth-order valence-corrected chi connectivity index (χ4v) is 1.52. The van der Waals surface area contributed by atoms with E-state index in [1.807, 2.05) is 0 Å². The SMILES string of the molecule is CCOC(=O)Cc1cc(S)c(F)c(C#N)c1. The third-order valence-electron chi connectivity index (χ3n) is 1.89. The van der Waals surface area contributed by atoms with E-state index >= 15 is 0 Å². The first-order chi connectivity index (χ1) is 7.58. The molecule has 84 valence electrons. The summed E-state index contributed by atoms with van der Waals surface area (Å²) < 4.78 is 18.0. The average Bonchev–Trinajstić information content (AvgIpc) is 2.23. The molecule has 0 heterocycles. The number of nitrogens with zero attached hydrogens (tertiary/aromatic N) is 1. The highest BCUT2D eigenvalue weighted by molar-refractivity contribution is 7.80. The highest BCUT2D eigenvalue weighted by atomic mass is 32.1. The van der Waals surface area contributed by atoms with Crippen LogP contribution >= 0.6 is 12.6 Å². The molecule has 16 heavy (non-hydrogen) atoms. The zero-order valence-corrected chi connectivity index (χ0v) is 9.55. The maximum absolute atomic E-state index is 13.3. The molecule has 3 nitrogen and oxygen atoms in total. The lowest BCUT2D eigenvalue weighted by Crippen LogP contribution is -2.08. The van der Waals surface area contributed by atoms with Gasteiger partial charge in [0.15, 0.2) is 5.82 Å². The number of halogens is 1. The van der Waals surface area contributed by atoms with Crippen molar-refractivity contribution >= 4 is 18.6 Å². The van der Waals surface area contributed by atoms with Gasteiger partial charge >= 0.3 is 5.97 Å². The number of esters is 1. The molecule has 0 unspecified atom stereocenters. The second-order valence-electron chi connectivity index (χ2n) is 3.07. The second kappa shape index (κ2) is 5.52. The Morgan fingerprint density at radius 1 is 1.62 bits per heavy atom. The molecule has 0 atom stereocenters. The maximum atomic E-state index is 13.3. The predicted molar refractivity (Wildman–Crippen MR) is 58.7 cm³/mol. The lowest BCUT2D eigenvalue weighted by Gasteiger charge is -2.04. The molecule has 0 aromatic heterocycles. The number of carbonyl (C=O) groups excluding carboxylic acids is 1. The van der Waals surface area contributed by atoms with Crippen LogP contribution < -0.4 is 0 Å². The number of rotatable bonds is 3. The number of nitriles is 1. The van der Waals surface area contributed by atoms with E-state index in [4.69, 9.17) is 10.00 Å². The molecule has 0 aliphatic heterocycles. The predicted octanol–water partition coefficient (Wildman–Crippen LogP) is 2.09. The van der Waals surface area contributed by atoms with E-state index in [1.54, 1.807) is 13.0 Å². The number of carbonyl (C=O) groups is 1. The van der Waals surface area contributed by atoms with Gasteiger partial charge in [-0.2, -0.15) is 5.26 Å². The van der Waals surface area contributed by atoms with Gasteiger partial charge in [0.05, 0.1) is 18.6 Å². The molecule has 1 aromatic rings. The second-order valence-corrected chi connectivity index (χ2v) is 3.55. The van der Waals surface area contributed by atoms with Crippen LogP contribution in [0, 0.1) is 17.1 Å². The molecular formula is C11H10FNO2S. The topological polar surface area (TPSA) is 50.1 Å². The van der Waals surface area contributed by atoms with Crippen molar-refractivity contribution in [3.05, 3.63) is 29.1 Å². The van der Waals surface area contributed by atoms with Gasteiger partial charge < -0.3 is 4.74 Å². The number of hydrogen-bond acceptors (Lipinski definition) is 4. The van der Waals surface area contributed by atoms with Gasteiger partial charge in [0.1, 0.15) is 6.07 Å². The molecule has 0 spiro atoms. The third kappa shape index (κ3) is 2.97. The van der Waals surface area contributed by atoms with Crippen LogP contribution in [-0.2, 0) is 16.0 Å². The van der Waals surface area contributed by atoms with Crippen LogP contribution in [0.3, 0.4) is 0 Å². The molecule has 0 saturated carbocycles. The van der Waals surface area contributed by atoms with E-state index in [9.17, 15) is 9.18 Å². The Kier molecular flexibility index (Phi) is 4.32. The average molecular weight is 239 g/mol. The van der Waals surface area contributed by atoms with Crippen LogP contribution in [0.15, 0.2) is 17.0 Å². The Morgan fingerprint density at radius 2 is 2.31 bits per heavy atom. The van der Waals surface area contributed by atoms with Gasteiger partial charge in [-0.3, -0.25) is 4.79 Å². The van der Waals surface area contributed by atoms with Crippen molar-refractivity contribution in [1.82, 2.24) is 0 Å². The van der Waals surface area contributed by atoms with Crippen LogP contribution in [0.25, 0.3) is 0 Å². The summed E-state index contributed by atoms with van der Waals surface area (Å²) in [4.78, 5) is 11.2. The van der Waals surface area contributed by atoms with Crippen molar-refractivity contribution in [3.8, 4) is 6.07 Å². The van der Waals surface area contributed by atoms with E-state index in [0.717, 1.165) is 0 Å². The molecule has 0 aliphatic rings. The van der Waals surface area contributed by atoms with Crippen molar-refractivity contribution < 1.29 is 13.9 Å². The normalized spacial score (nSPS) is 9.62. The number of hydrogen-bond donors (Lipinski definition) is 1. The van der Waals surface area contributed by atoms with Crippen molar-refractivity contribution in [1.29, 1.82) is 5.26 Å². The lowest BCUT2D eigenvalue weighted by molar-refractivity contribution is -0.142. The number of benzene rings is 1. The van der Waals surface area contributed by atoms with Gasteiger partial charge in [0, 0.05) is 4.90 Å². The Hall–Kier alpha value is -1.54. The van der Waals surface area contributed by atoms with Crippen molar-refractivity contribution in [2.45, 2.75) is 18.2 Å². The molecule has 1 aromatic carbocycles. The summed E-state index contributed by atoms with van der Waals surface area (Å²) in [5.41, 5.74) is 0.396. The molecule has 5 heteroatoms. The molecular weight excluding hydrogens is 229 g/mol. The van der Waals surface area contributed by atoms with Crippen LogP contribution in [0.4, 0.5) is 4.39 Å². The summed E-state index contributed by atoms with van der Waals surface area (Å²) in [5.74, 6) is -1.08. The fourth-order valence-electron chi connectivity index (χ4n) is 1.23. The molecule has 0 radical (unpaired) electrons. The largest absolute Gasteiger partial charge is 0.466 e. The zero-order valence-electron chi connectivity index (χ0n) is 8.66. The summed E-state index contributed by atoms with van der Waals surface area (Å²) >= 11 is 3.89. The Bertz CT molecular complexity index is 454. The fraction of sp³-hybridized carbons (Fsp3) is 0.273. The lowest BCUT2D eigenvalue weighted by atomic mass is 10.1. The molecule has 0 bridgehead atoms. The van der Waals surface area contributed by atoms with E-state index in [0.29, 0.717) is 12.2 Å². The summed E-state index contributed by atoms with van der Waals surface area (Å²) in [5, 5.41) is 8.66. The highest BCUT2D eigenvalue weighted by Gasteiger charge is 2.11. The zero-order chi connectivity index (χ0) is 12.1. The summed E-state index contributed by atoms with van der Waals surface area (Å²) in [7, 11) is 0. The standard InChI is InChI=1S/C11H10FNO2S/c1-2-15-10(14)5-7-3-8(6-13)11(12)9(16)4-7/h3-4,16H,2,5H2,1H3. The summed E-state index contributed by atoms with van der Waals surface area (Å²) in [6.45, 7) is 1.99. The maximum Gasteiger partial charge on any atom is 0.310 e. The number of thiol groups is 1. The monoisotopic (exact) mass is 239 g/mol. The minimum atomic E-state index is -0.668. The first-order valence-corrected chi connectivity index (χ1v) is 5.10. The molecule has 0 fully saturated rings. The molecule has 0 amide bonds. The molecule has 0 N–H and O–H groups in total. The van der Waals surface area contributed by atoms with Crippen LogP contribution in [0.2, 0.25) is 0 Å². The summed E-state index contributed by atoms with van der Waals surface area (Å²) in [6.07, 6.45) is 0.0103. The van der Waals surface area contributed by atoms with Crippen molar-refractivity contribution in [2.75, 3.05) is 6.61 Å². The van der Waals surface area contributed by atoms with Crippen LogP contribution in [0.1, 0.15) is 18.1 Å². The Balaban J connectivity index is 2.95. The Morgan fingerprint density at radius 3 is 2.88 bits per heavy atom.